The van der Waals surface area contributed by atoms with Gasteiger partial charge in [-0.25, -0.2) is 4.99 Å². The summed E-state index contributed by atoms with van der Waals surface area (Å²) in [6, 6.07) is 0. The maximum Gasteiger partial charge on any atom is 0.303 e. The fourth-order valence-electron chi connectivity index (χ4n) is 5.55. The maximum absolute atomic E-state index is 12.3. The second-order valence-electron chi connectivity index (χ2n) is 10.7. The quantitative estimate of drug-likeness (QED) is 0.263. The molecule has 0 aromatic carbocycles. The van der Waals surface area contributed by atoms with Crippen LogP contribution in [0.1, 0.15) is 69.5 Å². The molecule has 0 bridgehead atoms. The van der Waals surface area contributed by atoms with E-state index < -0.39 is 11.9 Å². The van der Waals surface area contributed by atoms with Crippen LogP contribution >= 0.6 is 0 Å². The minimum absolute atomic E-state index is 0.0862. The molecule has 0 spiro atoms. The second-order valence-corrected chi connectivity index (χ2v) is 10.7. The first-order valence-corrected chi connectivity index (χ1v) is 14.1. The van der Waals surface area contributed by atoms with E-state index in [-0.39, 0.29) is 43.4 Å². The molecule has 1 atom stereocenters. The van der Waals surface area contributed by atoms with Crippen molar-refractivity contribution in [3.05, 3.63) is 92.3 Å². The third-order valence-corrected chi connectivity index (χ3v) is 8.11. The Labute approximate surface area is 250 Å². The van der Waals surface area contributed by atoms with Crippen LogP contribution < -0.4 is 10.6 Å². The Morgan fingerprint density at radius 3 is 2.21 bits per heavy atom. The first-order valence-electron chi connectivity index (χ1n) is 14.1. The molecule has 2 amide bonds. The zero-order valence-corrected chi connectivity index (χ0v) is 25.0. The van der Waals surface area contributed by atoms with Crippen LogP contribution in [0.15, 0.2) is 74.8 Å². The number of aromatic nitrogens is 1. The number of carbonyl (C=O) groups excluding carboxylic acids is 2. The number of amides is 2. The fraction of sp³-hybridized carbons (Fsp3) is 0.303. The van der Waals surface area contributed by atoms with Gasteiger partial charge in [-0.05, 0) is 99.1 Å². The van der Waals surface area contributed by atoms with Crippen LogP contribution in [0.5, 0.6) is 0 Å². The van der Waals surface area contributed by atoms with Crippen LogP contribution in [-0.2, 0) is 25.6 Å². The van der Waals surface area contributed by atoms with E-state index in [1.54, 1.807) is 6.08 Å². The third kappa shape index (κ3) is 6.28. The van der Waals surface area contributed by atoms with E-state index in [2.05, 4.69) is 22.2 Å². The molecule has 4 rings (SSSR count). The number of aliphatic carboxylic acids is 2. The predicted molar refractivity (Wildman–Crippen MR) is 165 cm³/mol. The van der Waals surface area contributed by atoms with Gasteiger partial charge in [0.1, 0.15) is 0 Å². The number of allylic oxidation sites excluding steroid dienone is 6. The number of nitrogens with zero attached hydrogens (tertiary/aromatic N) is 1. The molecule has 224 valence electrons. The summed E-state index contributed by atoms with van der Waals surface area (Å²) >= 11 is 0. The van der Waals surface area contributed by atoms with Gasteiger partial charge in [0.25, 0.3) is 5.91 Å². The Balaban J connectivity index is 1.84. The van der Waals surface area contributed by atoms with Crippen LogP contribution in [-0.4, -0.2) is 44.7 Å². The van der Waals surface area contributed by atoms with E-state index in [9.17, 15) is 29.4 Å². The lowest BCUT2D eigenvalue weighted by atomic mass is 9.98. The average molecular weight is 585 g/mol. The molecule has 0 radical (unpaired) electrons. The summed E-state index contributed by atoms with van der Waals surface area (Å²) in [6.45, 7) is 13.0. The lowest BCUT2D eigenvalue weighted by Crippen LogP contribution is -2.16. The molecule has 0 aliphatic carbocycles. The molecule has 0 unspecified atom stereocenters. The zero-order valence-electron chi connectivity index (χ0n) is 25.0. The van der Waals surface area contributed by atoms with Crippen molar-refractivity contribution in [1.82, 2.24) is 15.6 Å². The molecule has 1 fully saturated rings. The summed E-state index contributed by atoms with van der Waals surface area (Å²) < 4.78 is 0. The number of carboxylic acid groups (broad SMARTS) is 2. The van der Waals surface area contributed by atoms with Gasteiger partial charge >= 0.3 is 11.9 Å². The van der Waals surface area contributed by atoms with Crippen molar-refractivity contribution >= 4 is 41.6 Å². The van der Waals surface area contributed by atoms with Crippen molar-refractivity contribution in [2.24, 2.45) is 10.9 Å². The summed E-state index contributed by atoms with van der Waals surface area (Å²) in [6.07, 6.45) is 9.14. The average Bonchev–Trinajstić information content (AvgIpc) is 3.59. The monoisotopic (exact) mass is 584 g/mol. The van der Waals surface area contributed by atoms with Gasteiger partial charge < -0.3 is 25.8 Å². The molecule has 10 heteroatoms. The zero-order chi connectivity index (χ0) is 31.6. The lowest BCUT2D eigenvalue weighted by Gasteiger charge is -2.06. The van der Waals surface area contributed by atoms with Crippen molar-refractivity contribution in [2.45, 2.75) is 60.3 Å². The molecule has 5 N–H and O–H groups in total. The highest BCUT2D eigenvalue weighted by molar-refractivity contribution is 6.14. The predicted octanol–water partition coefficient (Wildman–Crippen LogP) is 4.89. The fourth-order valence-corrected chi connectivity index (χ4v) is 5.55. The number of hydrogen-bond donors (Lipinski definition) is 5. The number of aromatic amines is 1. The number of nitrogens with one attached hydrogen (secondary N) is 3. The van der Waals surface area contributed by atoms with Gasteiger partial charge in [0.05, 0.1) is 17.3 Å². The highest BCUT2D eigenvalue weighted by Crippen LogP contribution is 2.35. The largest absolute Gasteiger partial charge is 0.481 e. The number of rotatable bonds is 10. The Bertz CT molecular complexity index is 1670. The van der Waals surface area contributed by atoms with Crippen LogP contribution in [0.2, 0.25) is 0 Å². The Hall–Kier alpha value is -4.99. The van der Waals surface area contributed by atoms with Crippen molar-refractivity contribution in [2.75, 3.05) is 0 Å². The van der Waals surface area contributed by atoms with E-state index in [1.165, 1.54) is 6.08 Å². The van der Waals surface area contributed by atoms with E-state index >= 15 is 0 Å². The Morgan fingerprint density at radius 2 is 1.60 bits per heavy atom. The van der Waals surface area contributed by atoms with Crippen LogP contribution in [0.4, 0.5) is 0 Å². The Morgan fingerprint density at radius 1 is 0.930 bits per heavy atom. The standard InChI is InChI=1S/C33H36N4O6/c1-7-20-19(6)32(42)37-27(20)14-25-18(5)23(10-12-31(40)41)29(35-25)15-28-22(9-11-30(38)39)17(4)24(34-28)13-26-16(3)21(8-2)33(43)36-26/h7-8,13-15,19,35H,2,9-12H2,1,3-6H3,(H,36,43)(H,37,42)(H,38,39)(H,40,41)/b20-7-,26-13-,27-14-,28-15-/t19-/m0/s1. The first-order chi connectivity index (χ1) is 20.4. The first kappa shape index (κ1) is 31.0. The number of H-pyrrole nitrogens is 1. The van der Waals surface area contributed by atoms with Crippen LogP contribution in [0, 0.1) is 12.8 Å². The molecule has 3 aliphatic heterocycles. The summed E-state index contributed by atoms with van der Waals surface area (Å²) in [5.74, 6) is -2.50. The van der Waals surface area contributed by atoms with Gasteiger partial charge in [-0.2, -0.15) is 0 Å². The molecule has 3 aliphatic rings. The molecular formula is C33H36N4O6. The third-order valence-electron chi connectivity index (χ3n) is 8.11. The summed E-state index contributed by atoms with van der Waals surface area (Å²) in [5, 5.41) is 24.6. The lowest BCUT2D eigenvalue weighted by molar-refractivity contribution is -0.138. The highest BCUT2D eigenvalue weighted by Gasteiger charge is 2.30. The molecule has 4 heterocycles. The SMILES string of the molecule is C=CC1=C(C)/C(=C/C2=NC(=C\c3[nH]c(/C=C4\NC(=O)[C@@H](C)\C4=C\C)c(C)c3CCC(=O)O)/C(CCC(=O)O)=C2C)NC1=O. The van der Waals surface area contributed by atoms with Gasteiger partial charge in [0.2, 0.25) is 5.91 Å². The van der Waals surface area contributed by atoms with Crippen LogP contribution in [0.3, 0.4) is 0 Å². The smallest absolute Gasteiger partial charge is 0.303 e. The Kier molecular flexibility index (Phi) is 8.99. The molecule has 1 aromatic rings. The normalized spacial score (nSPS) is 22.3. The maximum atomic E-state index is 12.3. The van der Waals surface area contributed by atoms with E-state index in [1.807, 2.05) is 52.8 Å². The topological polar surface area (TPSA) is 161 Å². The number of aliphatic imine (C=N–C) groups is 1. The summed E-state index contributed by atoms with van der Waals surface area (Å²) in [7, 11) is 0. The van der Waals surface area contributed by atoms with Gasteiger partial charge in [-0.1, -0.05) is 18.7 Å². The molecule has 0 saturated carbocycles. The minimum Gasteiger partial charge on any atom is -0.481 e. The van der Waals surface area contributed by atoms with Crippen molar-refractivity contribution in [3.63, 3.8) is 0 Å². The number of carboxylic acids is 2. The van der Waals surface area contributed by atoms with E-state index in [0.717, 1.165) is 39.1 Å². The van der Waals surface area contributed by atoms with Crippen molar-refractivity contribution in [1.29, 1.82) is 0 Å². The summed E-state index contributed by atoms with van der Waals surface area (Å²) in [5.41, 5.74) is 9.04. The van der Waals surface area contributed by atoms with Gasteiger partial charge in [0.15, 0.2) is 0 Å². The molecular weight excluding hydrogens is 548 g/mol. The van der Waals surface area contributed by atoms with Gasteiger partial charge in [0, 0.05) is 41.2 Å². The molecule has 1 saturated heterocycles. The summed E-state index contributed by atoms with van der Waals surface area (Å²) in [4.78, 5) is 55.9. The van der Waals surface area contributed by atoms with E-state index in [4.69, 9.17) is 4.99 Å². The van der Waals surface area contributed by atoms with E-state index in [0.29, 0.717) is 34.1 Å². The van der Waals surface area contributed by atoms with Gasteiger partial charge in [-0.15, -0.1) is 0 Å². The second kappa shape index (κ2) is 12.5. The highest BCUT2D eigenvalue weighted by atomic mass is 16.4. The molecule has 43 heavy (non-hydrogen) atoms. The number of hydrogen-bond acceptors (Lipinski definition) is 5. The van der Waals surface area contributed by atoms with Gasteiger partial charge in [-0.3, -0.25) is 19.2 Å². The van der Waals surface area contributed by atoms with Crippen LogP contribution in [0.25, 0.3) is 12.2 Å². The minimum atomic E-state index is -0.941. The molecule has 10 nitrogen and oxygen atoms in total. The van der Waals surface area contributed by atoms with Crippen molar-refractivity contribution in [3.8, 4) is 0 Å². The molecule has 1 aromatic heterocycles. The number of carbonyl (C=O) groups is 4. The van der Waals surface area contributed by atoms with Crippen molar-refractivity contribution < 1.29 is 29.4 Å².